The van der Waals surface area contributed by atoms with Crippen LogP contribution in [0.15, 0.2) is 18.2 Å². The summed E-state index contributed by atoms with van der Waals surface area (Å²) in [6.07, 6.45) is -4.75. The van der Waals surface area contributed by atoms with Crippen LogP contribution >= 0.6 is 11.6 Å². The van der Waals surface area contributed by atoms with Gasteiger partial charge in [0, 0.05) is 50.6 Å². The number of hydrogen-bond donors (Lipinski definition) is 1. The summed E-state index contributed by atoms with van der Waals surface area (Å²) in [4.78, 5) is 14.8. The first-order valence-electron chi connectivity index (χ1n) is 11.9. The van der Waals surface area contributed by atoms with E-state index in [0.29, 0.717) is 19.0 Å². The molecule has 2 fully saturated rings. The predicted molar refractivity (Wildman–Crippen MR) is 127 cm³/mol. The Morgan fingerprint density at radius 1 is 1.17 bits per heavy atom. The second-order valence-corrected chi connectivity index (χ2v) is 12.2. The lowest BCUT2D eigenvalue weighted by Gasteiger charge is -2.53. The minimum absolute atomic E-state index is 0.0225. The number of benzene rings is 1. The third kappa shape index (κ3) is 6.49. The molecule has 204 valence electrons. The highest BCUT2D eigenvalue weighted by molar-refractivity contribution is 7.89. The molecule has 0 radical (unpaired) electrons. The molecule has 3 rings (SSSR count). The normalized spacial score (nSPS) is 23.4. The number of halogens is 6. The molecule has 2 aliphatic rings. The lowest BCUT2D eigenvalue weighted by molar-refractivity contribution is -0.137. The van der Waals surface area contributed by atoms with Gasteiger partial charge in [0.1, 0.15) is 0 Å². The number of rotatable bonds is 7. The summed E-state index contributed by atoms with van der Waals surface area (Å²) in [5, 5.41) is 2.33. The molecule has 1 amide bonds. The number of carbonyl (C=O) groups excluding carboxylic acids is 1. The van der Waals surface area contributed by atoms with E-state index in [1.165, 1.54) is 4.31 Å². The van der Waals surface area contributed by atoms with Gasteiger partial charge in [0.2, 0.25) is 15.9 Å². The van der Waals surface area contributed by atoms with E-state index < -0.39 is 39.1 Å². The van der Waals surface area contributed by atoms with Crippen molar-refractivity contribution in [2.45, 2.75) is 69.6 Å². The molecule has 1 unspecified atom stereocenters. The second kappa shape index (κ2) is 10.7. The quantitative estimate of drug-likeness (QED) is 0.488. The Morgan fingerprint density at radius 3 is 2.33 bits per heavy atom. The zero-order chi connectivity index (χ0) is 26.9. The molecule has 6 nitrogen and oxygen atoms in total. The smallest absolute Gasteiger partial charge is 0.350 e. The Morgan fingerprint density at radius 2 is 1.81 bits per heavy atom. The maximum atomic E-state index is 14.1. The van der Waals surface area contributed by atoms with E-state index >= 15 is 0 Å². The van der Waals surface area contributed by atoms with Crippen LogP contribution in [0.2, 0.25) is 5.02 Å². The molecule has 1 heterocycles. The van der Waals surface area contributed by atoms with E-state index in [1.807, 2.05) is 11.8 Å². The van der Waals surface area contributed by atoms with Crippen LogP contribution in [0, 0.1) is 0 Å². The fourth-order valence-corrected chi connectivity index (χ4v) is 6.97. The van der Waals surface area contributed by atoms with Gasteiger partial charge in [-0.05, 0) is 44.4 Å². The molecule has 1 saturated heterocycles. The van der Waals surface area contributed by atoms with Crippen LogP contribution < -0.4 is 5.32 Å². The van der Waals surface area contributed by atoms with Gasteiger partial charge in [-0.15, -0.1) is 0 Å². The molecule has 0 spiro atoms. The van der Waals surface area contributed by atoms with Crippen LogP contribution in [0.3, 0.4) is 0 Å². The van der Waals surface area contributed by atoms with Gasteiger partial charge in [-0.25, -0.2) is 17.2 Å². The Kier molecular flexibility index (Phi) is 8.64. The monoisotopic (exact) mass is 559 g/mol. The highest BCUT2D eigenvalue weighted by Gasteiger charge is 2.49. The van der Waals surface area contributed by atoms with Crippen molar-refractivity contribution < 1.29 is 35.2 Å². The molecule has 1 aromatic rings. The number of carbonyl (C=O) groups is 1. The average Bonchev–Trinajstić information content (AvgIpc) is 2.78. The molecule has 1 N–H and O–H groups in total. The van der Waals surface area contributed by atoms with Crippen molar-refractivity contribution >= 4 is 27.5 Å². The van der Waals surface area contributed by atoms with Gasteiger partial charge in [-0.1, -0.05) is 18.5 Å². The summed E-state index contributed by atoms with van der Waals surface area (Å²) < 4.78 is 93.4. The first kappa shape index (κ1) is 29.1. The molecule has 1 aliphatic heterocycles. The summed E-state index contributed by atoms with van der Waals surface area (Å²) in [6, 6.07) is 2.13. The van der Waals surface area contributed by atoms with Gasteiger partial charge < -0.3 is 5.32 Å². The molecular weight excluding hydrogens is 529 g/mol. The zero-order valence-corrected chi connectivity index (χ0v) is 21.7. The maximum Gasteiger partial charge on any atom is 0.416 e. The van der Waals surface area contributed by atoms with Gasteiger partial charge in [0.15, 0.2) is 0 Å². The summed E-state index contributed by atoms with van der Waals surface area (Å²) in [5.41, 5.74) is -1.99. The molecule has 0 aromatic heterocycles. The first-order chi connectivity index (χ1) is 16.6. The zero-order valence-electron chi connectivity index (χ0n) is 20.2. The third-order valence-electron chi connectivity index (χ3n) is 7.09. The Bertz CT molecular complexity index is 1060. The highest BCUT2D eigenvalue weighted by atomic mass is 35.5. The van der Waals surface area contributed by atoms with Crippen LogP contribution in [0.5, 0.6) is 0 Å². The van der Waals surface area contributed by atoms with Crippen molar-refractivity contribution in [3.05, 3.63) is 34.3 Å². The lowest BCUT2D eigenvalue weighted by atomic mass is 9.77. The van der Waals surface area contributed by atoms with Crippen molar-refractivity contribution in [3.8, 4) is 0 Å². The topological polar surface area (TPSA) is 69.7 Å². The number of hydrogen-bond acceptors (Lipinski definition) is 4. The Balaban J connectivity index is 1.78. The fraction of sp³-hybridized carbons (Fsp3) is 0.696. The van der Waals surface area contributed by atoms with Crippen molar-refractivity contribution in [2.24, 2.45) is 0 Å². The van der Waals surface area contributed by atoms with Crippen molar-refractivity contribution in [2.75, 3.05) is 31.9 Å². The largest absolute Gasteiger partial charge is 0.416 e. The molecular formula is C23H31ClF5N3O3S. The van der Waals surface area contributed by atoms with Crippen LogP contribution in [0.4, 0.5) is 22.0 Å². The Hall–Kier alpha value is -1.50. The van der Waals surface area contributed by atoms with Gasteiger partial charge >= 0.3 is 6.18 Å². The molecule has 1 atom stereocenters. The number of piperazine rings is 1. The minimum atomic E-state index is -4.61. The standard InChI is InChI=1S/C23H31ClF5N3O3S/c1-3-12-36(34,35)31-10-11-32(16(2)14-31)21(6-8-22(25,26)9-7-21)15-30-20(33)18-5-4-17(13-19(18)24)23(27,28)29/h4-5,13,16H,3,6-12,14-15H2,1-2H3,(H,30,33). The number of nitrogens with one attached hydrogen (secondary N) is 1. The second-order valence-electron chi connectivity index (χ2n) is 9.67. The van der Waals surface area contributed by atoms with Crippen molar-refractivity contribution in [3.63, 3.8) is 0 Å². The van der Waals surface area contributed by atoms with E-state index in [4.69, 9.17) is 11.6 Å². The molecule has 1 aliphatic carbocycles. The van der Waals surface area contributed by atoms with Gasteiger partial charge in [0.05, 0.1) is 21.9 Å². The molecule has 0 bridgehead atoms. The van der Waals surface area contributed by atoms with Crippen LogP contribution in [-0.4, -0.2) is 73.0 Å². The molecule has 1 aromatic carbocycles. The van der Waals surface area contributed by atoms with E-state index in [0.717, 1.165) is 12.1 Å². The summed E-state index contributed by atoms with van der Waals surface area (Å²) in [6.45, 7) is 4.32. The van der Waals surface area contributed by atoms with E-state index in [9.17, 15) is 35.2 Å². The van der Waals surface area contributed by atoms with Crippen LogP contribution in [-0.2, 0) is 16.2 Å². The van der Waals surface area contributed by atoms with Crippen LogP contribution in [0.25, 0.3) is 0 Å². The summed E-state index contributed by atoms with van der Waals surface area (Å²) in [5.74, 6) is -3.51. The first-order valence-corrected chi connectivity index (χ1v) is 13.9. The molecule has 36 heavy (non-hydrogen) atoms. The number of amides is 1. The van der Waals surface area contributed by atoms with Crippen LogP contribution in [0.1, 0.15) is 61.9 Å². The fourth-order valence-electron chi connectivity index (χ4n) is 5.13. The lowest BCUT2D eigenvalue weighted by Crippen LogP contribution is -2.66. The molecule has 13 heteroatoms. The van der Waals surface area contributed by atoms with Gasteiger partial charge in [-0.2, -0.15) is 17.5 Å². The summed E-state index contributed by atoms with van der Waals surface area (Å²) in [7, 11) is -3.42. The van der Waals surface area contributed by atoms with Crippen molar-refractivity contribution in [1.29, 1.82) is 0 Å². The number of alkyl halides is 5. The van der Waals surface area contributed by atoms with E-state index in [1.54, 1.807) is 6.92 Å². The third-order valence-corrected chi connectivity index (χ3v) is 9.44. The highest BCUT2D eigenvalue weighted by Crippen LogP contribution is 2.43. The van der Waals surface area contributed by atoms with E-state index in [2.05, 4.69) is 5.32 Å². The predicted octanol–water partition coefficient (Wildman–Crippen LogP) is 4.78. The van der Waals surface area contributed by atoms with Gasteiger partial charge in [0.25, 0.3) is 5.91 Å². The molecule has 1 saturated carbocycles. The average molecular weight is 560 g/mol. The minimum Gasteiger partial charge on any atom is -0.350 e. The van der Waals surface area contributed by atoms with Crippen molar-refractivity contribution in [1.82, 2.24) is 14.5 Å². The van der Waals surface area contributed by atoms with E-state index in [-0.39, 0.29) is 67.7 Å². The number of nitrogens with zero attached hydrogens (tertiary/aromatic N) is 2. The number of sulfonamides is 1. The Labute approximate surface area is 213 Å². The SMILES string of the molecule is CCCS(=O)(=O)N1CCN(C2(CNC(=O)c3ccc(C(F)(F)F)cc3Cl)CCC(F)(F)CC2)C(C)C1. The summed E-state index contributed by atoms with van der Waals surface area (Å²) >= 11 is 5.95. The van der Waals surface area contributed by atoms with Gasteiger partial charge in [-0.3, -0.25) is 9.69 Å². The maximum absolute atomic E-state index is 14.1.